The van der Waals surface area contributed by atoms with E-state index in [-0.39, 0.29) is 5.38 Å². The Morgan fingerprint density at radius 2 is 2.00 bits per heavy atom. The van der Waals surface area contributed by atoms with Crippen LogP contribution >= 0.6 is 11.6 Å². The maximum Gasteiger partial charge on any atom is 0.154 e. The number of hydrogen-bond acceptors (Lipinski definition) is 1. The van der Waals surface area contributed by atoms with Crippen molar-refractivity contribution in [2.24, 2.45) is 23.7 Å². The van der Waals surface area contributed by atoms with Crippen molar-refractivity contribution in [1.82, 2.24) is 0 Å². The molecule has 0 aliphatic heterocycles. The van der Waals surface area contributed by atoms with E-state index in [0.717, 1.165) is 11.8 Å². The van der Waals surface area contributed by atoms with Crippen LogP contribution < -0.4 is 0 Å². The fourth-order valence-corrected chi connectivity index (χ4v) is 3.94. The zero-order valence-corrected chi connectivity index (χ0v) is 7.05. The lowest BCUT2D eigenvalue weighted by atomic mass is 9.64. The van der Waals surface area contributed by atoms with E-state index in [1.54, 1.807) is 0 Å². The van der Waals surface area contributed by atoms with Crippen molar-refractivity contribution in [1.29, 1.82) is 0 Å². The molecule has 0 aromatic rings. The molecule has 3 aliphatic carbocycles. The third kappa shape index (κ3) is 0.581. The van der Waals surface area contributed by atoms with E-state index >= 15 is 0 Å². The largest absolute Gasteiger partial charge is 0.298 e. The molecule has 0 spiro atoms. The van der Waals surface area contributed by atoms with Crippen molar-refractivity contribution in [3.8, 4) is 0 Å². The first-order valence-corrected chi connectivity index (χ1v) is 4.90. The van der Waals surface area contributed by atoms with Gasteiger partial charge in [-0.15, -0.1) is 11.6 Å². The molecule has 0 amide bonds. The Hall–Kier alpha value is -0.0400. The standard InChI is InChI=1S/C9H11ClO/c10-8-6-4-1-2-5(3-4)7(6)9(8)11/h4-8H,1-3H2/t4-,5+,6+,7-,8-/m0/s1. The Balaban J connectivity index is 1.95. The summed E-state index contributed by atoms with van der Waals surface area (Å²) in [7, 11) is 0. The number of Topliss-reactive ketones (excluding diaryl/α,β-unsaturated/α-hetero) is 1. The molecular formula is C9H11ClO. The molecule has 3 saturated carbocycles. The van der Waals surface area contributed by atoms with E-state index in [4.69, 9.17) is 11.6 Å². The van der Waals surface area contributed by atoms with Crippen molar-refractivity contribution in [3.63, 3.8) is 0 Å². The van der Waals surface area contributed by atoms with Gasteiger partial charge >= 0.3 is 0 Å². The minimum Gasteiger partial charge on any atom is -0.298 e. The van der Waals surface area contributed by atoms with Crippen LogP contribution in [0.1, 0.15) is 19.3 Å². The highest BCUT2D eigenvalue weighted by molar-refractivity contribution is 6.34. The summed E-state index contributed by atoms with van der Waals surface area (Å²) in [5, 5.41) is -0.102. The maximum atomic E-state index is 11.3. The second-order valence-electron chi connectivity index (χ2n) is 4.24. The maximum absolute atomic E-state index is 11.3. The van der Waals surface area contributed by atoms with Crippen molar-refractivity contribution < 1.29 is 4.79 Å². The number of ketones is 1. The summed E-state index contributed by atoms with van der Waals surface area (Å²) in [6.07, 6.45) is 3.92. The lowest BCUT2D eigenvalue weighted by Crippen LogP contribution is -2.51. The van der Waals surface area contributed by atoms with Gasteiger partial charge in [0.25, 0.3) is 0 Å². The minimum absolute atomic E-state index is 0.102. The van der Waals surface area contributed by atoms with Gasteiger partial charge in [-0.1, -0.05) is 0 Å². The Labute approximate surface area is 71.1 Å². The van der Waals surface area contributed by atoms with Crippen LogP contribution in [0.5, 0.6) is 0 Å². The number of halogens is 1. The second kappa shape index (κ2) is 1.82. The van der Waals surface area contributed by atoms with Crippen molar-refractivity contribution in [2.75, 3.05) is 0 Å². The lowest BCUT2D eigenvalue weighted by molar-refractivity contribution is -0.136. The third-order valence-electron chi connectivity index (χ3n) is 3.92. The number of carbonyl (C=O) groups is 1. The van der Waals surface area contributed by atoms with E-state index < -0.39 is 0 Å². The number of carbonyl (C=O) groups excluding carboxylic acids is 1. The van der Waals surface area contributed by atoms with E-state index in [1.165, 1.54) is 19.3 Å². The van der Waals surface area contributed by atoms with Gasteiger partial charge in [-0.05, 0) is 37.0 Å². The van der Waals surface area contributed by atoms with Crippen LogP contribution in [0.2, 0.25) is 0 Å². The summed E-state index contributed by atoms with van der Waals surface area (Å²) in [6.45, 7) is 0. The fraction of sp³-hybridized carbons (Fsp3) is 0.889. The quantitative estimate of drug-likeness (QED) is 0.507. The van der Waals surface area contributed by atoms with Crippen molar-refractivity contribution in [2.45, 2.75) is 24.6 Å². The molecule has 0 aromatic carbocycles. The summed E-state index contributed by atoms with van der Waals surface area (Å²) >= 11 is 5.94. The monoisotopic (exact) mass is 170 g/mol. The molecule has 0 heterocycles. The number of fused-ring (bicyclic) bond motifs is 5. The Morgan fingerprint density at radius 3 is 2.73 bits per heavy atom. The van der Waals surface area contributed by atoms with Crippen LogP contribution in [0.4, 0.5) is 0 Å². The zero-order chi connectivity index (χ0) is 7.59. The first-order valence-electron chi connectivity index (χ1n) is 4.47. The minimum atomic E-state index is -0.102. The van der Waals surface area contributed by atoms with Gasteiger partial charge in [-0.3, -0.25) is 4.79 Å². The molecule has 2 bridgehead atoms. The molecule has 0 saturated heterocycles. The molecule has 0 aromatic heterocycles. The highest BCUT2D eigenvalue weighted by Gasteiger charge is 2.62. The van der Waals surface area contributed by atoms with Gasteiger partial charge in [-0.2, -0.15) is 0 Å². The first-order chi connectivity index (χ1) is 5.29. The molecule has 11 heavy (non-hydrogen) atoms. The van der Waals surface area contributed by atoms with E-state index in [1.807, 2.05) is 0 Å². The Morgan fingerprint density at radius 1 is 1.27 bits per heavy atom. The van der Waals surface area contributed by atoms with Gasteiger partial charge in [0.2, 0.25) is 0 Å². The average Bonchev–Trinajstić information content (AvgIpc) is 2.58. The molecule has 3 aliphatic rings. The first kappa shape index (κ1) is 6.47. The van der Waals surface area contributed by atoms with Gasteiger partial charge in [0.05, 0.1) is 5.38 Å². The SMILES string of the molecule is O=C1[C@H]2[C@@H]3CC[C@@H](C3)[C@H]2[C@@H]1Cl. The van der Waals surface area contributed by atoms with Crippen LogP contribution in [0, 0.1) is 23.7 Å². The van der Waals surface area contributed by atoms with Gasteiger partial charge < -0.3 is 0 Å². The van der Waals surface area contributed by atoms with E-state index in [2.05, 4.69) is 0 Å². The van der Waals surface area contributed by atoms with E-state index in [9.17, 15) is 4.79 Å². The predicted molar refractivity (Wildman–Crippen MR) is 42.5 cm³/mol. The number of rotatable bonds is 0. The van der Waals surface area contributed by atoms with Crippen molar-refractivity contribution in [3.05, 3.63) is 0 Å². The molecule has 0 unspecified atom stereocenters. The lowest BCUT2D eigenvalue weighted by Gasteiger charge is -2.42. The Bertz CT molecular complexity index is 226. The average molecular weight is 171 g/mol. The summed E-state index contributed by atoms with van der Waals surface area (Å²) in [5.74, 6) is 2.88. The molecule has 60 valence electrons. The highest BCUT2D eigenvalue weighted by Crippen LogP contribution is 2.60. The molecule has 0 N–H and O–H groups in total. The normalized spacial score (nSPS) is 59.4. The third-order valence-corrected chi connectivity index (χ3v) is 4.42. The van der Waals surface area contributed by atoms with Gasteiger partial charge in [-0.25, -0.2) is 0 Å². The molecule has 0 radical (unpaired) electrons. The summed E-state index contributed by atoms with van der Waals surface area (Å²) in [6, 6.07) is 0. The van der Waals surface area contributed by atoms with E-state index in [0.29, 0.717) is 17.6 Å². The Kier molecular flexibility index (Phi) is 1.07. The zero-order valence-electron chi connectivity index (χ0n) is 6.29. The molecule has 5 atom stereocenters. The molecule has 2 heteroatoms. The molecule has 3 rings (SSSR count). The summed E-state index contributed by atoms with van der Waals surface area (Å²) < 4.78 is 0. The highest BCUT2D eigenvalue weighted by atomic mass is 35.5. The molecule has 1 nitrogen and oxygen atoms in total. The molecule has 3 fully saturated rings. The summed E-state index contributed by atoms with van der Waals surface area (Å²) in [5.41, 5.74) is 0. The van der Waals surface area contributed by atoms with Crippen LogP contribution in [-0.2, 0) is 4.79 Å². The topological polar surface area (TPSA) is 17.1 Å². The second-order valence-corrected chi connectivity index (χ2v) is 4.71. The number of alkyl halides is 1. The van der Waals surface area contributed by atoms with Crippen molar-refractivity contribution >= 4 is 17.4 Å². The van der Waals surface area contributed by atoms with Crippen LogP contribution in [0.3, 0.4) is 0 Å². The van der Waals surface area contributed by atoms with Gasteiger partial charge in [0, 0.05) is 5.92 Å². The summed E-state index contributed by atoms with van der Waals surface area (Å²) in [4.78, 5) is 11.3. The van der Waals surface area contributed by atoms with Crippen LogP contribution in [-0.4, -0.2) is 11.2 Å². The smallest absolute Gasteiger partial charge is 0.154 e. The van der Waals surface area contributed by atoms with Crippen LogP contribution in [0.25, 0.3) is 0 Å². The fourth-order valence-electron chi connectivity index (χ4n) is 3.43. The molecular weight excluding hydrogens is 160 g/mol. The van der Waals surface area contributed by atoms with Crippen LogP contribution in [0.15, 0.2) is 0 Å². The van der Waals surface area contributed by atoms with Gasteiger partial charge in [0.15, 0.2) is 5.78 Å². The van der Waals surface area contributed by atoms with Gasteiger partial charge in [0.1, 0.15) is 0 Å². The number of hydrogen-bond donors (Lipinski definition) is 0. The predicted octanol–water partition coefficient (Wildman–Crippen LogP) is 1.84.